The fraction of sp³-hybridized carbons (Fsp3) is 0.652. The molecule has 1 fully saturated rings. The van der Waals surface area contributed by atoms with Crippen LogP contribution in [0.5, 0.6) is 0 Å². The lowest BCUT2D eigenvalue weighted by Gasteiger charge is -2.26. The van der Waals surface area contributed by atoms with Gasteiger partial charge in [-0.2, -0.15) is 0 Å². The zero-order valence-corrected chi connectivity index (χ0v) is 18.9. The summed E-state index contributed by atoms with van der Waals surface area (Å²) in [6.45, 7) is 10.9. The number of nitrogens with one attached hydrogen (secondary N) is 2. The van der Waals surface area contributed by atoms with Crippen molar-refractivity contribution in [2.45, 2.75) is 51.5 Å². The second kappa shape index (κ2) is 11.2. The van der Waals surface area contributed by atoms with E-state index in [1.54, 1.807) is 4.90 Å². The summed E-state index contributed by atoms with van der Waals surface area (Å²) in [6, 6.07) is 10.6. The van der Waals surface area contributed by atoms with Crippen LogP contribution >= 0.6 is 0 Å². The Morgan fingerprint density at radius 2 is 1.97 bits per heavy atom. The third kappa shape index (κ3) is 7.03. The zero-order valence-electron chi connectivity index (χ0n) is 18.9. The molecule has 1 unspecified atom stereocenters. The highest BCUT2D eigenvalue weighted by Crippen LogP contribution is 2.23. The number of likely N-dealkylation sites (tertiary alicyclic amines) is 1. The Balaban J connectivity index is 1.83. The van der Waals surface area contributed by atoms with Gasteiger partial charge in [-0.05, 0) is 38.3 Å². The molecule has 2 N–H and O–H groups in total. The molecule has 0 spiro atoms. The first-order valence-electron chi connectivity index (χ1n) is 10.9. The van der Waals surface area contributed by atoms with Crippen molar-refractivity contribution in [1.29, 1.82) is 0 Å². The highest BCUT2D eigenvalue weighted by atomic mass is 16.2. The van der Waals surface area contributed by atoms with E-state index in [1.807, 2.05) is 20.2 Å². The molecule has 0 aliphatic carbocycles. The van der Waals surface area contributed by atoms with Crippen LogP contribution in [-0.4, -0.2) is 74.5 Å². The molecule has 1 heterocycles. The first-order chi connectivity index (χ1) is 13.8. The van der Waals surface area contributed by atoms with Gasteiger partial charge in [0.2, 0.25) is 5.91 Å². The second-order valence-electron chi connectivity index (χ2n) is 8.65. The smallest absolute Gasteiger partial charge is 0.239 e. The van der Waals surface area contributed by atoms with Gasteiger partial charge in [0.25, 0.3) is 0 Å². The van der Waals surface area contributed by atoms with Gasteiger partial charge in [-0.1, -0.05) is 44.2 Å². The summed E-state index contributed by atoms with van der Waals surface area (Å²) < 4.78 is 0. The van der Waals surface area contributed by atoms with E-state index in [4.69, 9.17) is 4.99 Å². The SMILES string of the molecule is CCNC(=NCC(C)(C)c1ccccc1)NCCCN1CCCC1C(=O)N(C)C. The van der Waals surface area contributed by atoms with Crippen LogP contribution in [0.25, 0.3) is 0 Å². The molecule has 6 heteroatoms. The van der Waals surface area contributed by atoms with Crippen molar-refractivity contribution in [3.8, 4) is 0 Å². The third-order valence-corrected chi connectivity index (χ3v) is 5.54. The summed E-state index contributed by atoms with van der Waals surface area (Å²) in [6.07, 6.45) is 3.07. The molecule has 1 saturated heterocycles. The maximum Gasteiger partial charge on any atom is 0.239 e. The number of nitrogens with zero attached hydrogens (tertiary/aromatic N) is 3. The minimum absolute atomic E-state index is 0.0150. The van der Waals surface area contributed by atoms with Crippen molar-refractivity contribution in [1.82, 2.24) is 20.4 Å². The van der Waals surface area contributed by atoms with Crippen LogP contribution in [0, 0.1) is 0 Å². The quantitative estimate of drug-likeness (QED) is 0.379. The molecular formula is C23H39N5O. The number of carbonyl (C=O) groups is 1. The maximum absolute atomic E-state index is 12.3. The Morgan fingerprint density at radius 3 is 2.62 bits per heavy atom. The van der Waals surface area contributed by atoms with Gasteiger partial charge in [-0.25, -0.2) is 0 Å². The van der Waals surface area contributed by atoms with E-state index in [9.17, 15) is 4.79 Å². The second-order valence-corrected chi connectivity index (χ2v) is 8.65. The molecule has 6 nitrogen and oxygen atoms in total. The van der Waals surface area contributed by atoms with Crippen molar-refractivity contribution in [3.05, 3.63) is 35.9 Å². The van der Waals surface area contributed by atoms with E-state index in [1.165, 1.54) is 5.56 Å². The number of guanidine groups is 1. The fourth-order valence-corrected chi connectivity index (χ4v) is 3.76. The average Bonchev–Trinajstić information content (AvgIpc) is 3.17. The molecule has 0 aromatic heterocycles. The lowest BCUT2D eigenvalue weighted by atomic mass is 9.85. The number of hydrogen-bond donors (Lipinski definition) is 2. The van der Waals surface area contributed by atoms with Crippen molar-refractivity contribution < 1.29 is 4.79 Å². The molecule has 1 amide bonds. The predicted molar refractivity (Wildman–Crippen MR) is 121 cm³/mol. The van der Waals surface area contributed by atoms with Crippen LogP contribution < -0.4 is 10.6 Å². The molecule has 1 aliphatic rings. The summed E-state index contributed by atoms with van der Waals surface area (Å²) >= 11 is 0. The van der Waals surface area contributed by atoms with Gasteiger partial charge in [-0.15, -0.1) is 0 Å². The largest absolute Gasteiger partial charge is 0.357 e. The molecule has 0 bridgehead atoms. The molecule has 2 rings (SSSR count). The number of rotatable bonds is 9. The van der Waals surface area contributed by atoms with Crippen LogP contribution in [0.4, 0.5) is 0 Å². The number of likely N-dealkylation sites (N-methyl/N-ethyl adjacent to an activating group) is 1. The number of amides is 1. The van der Waals surface area contributed by atoms with E-state index in [2.05, 4.69) is 60.6 Å². The zero-order chi connectivity index (χ0) is 21.3. The molecule has 162 valence electrons. The molecular weight excluding hydrogens is 362 g/mol. The standard InChI is InChI=1S/C23H39N5O/c1-6-24-22(26-18-23(2,3)19-12-8-7-9-13-19)25-15-11-17-28-16-10-14-20(28)21(29)27(4)5/h7-9,12-13,20H,6,10-11,14-18H2,1-5H3,(H2,24,25,26). The Bertz CT molecular complexity index is 656. The minimum atomic E-state index is -0.0150. The minimum Gasteiger partial charge on any atom is -0.357 e. The number of aliphatic imine (C=N–C) groups is 1. The fourth-order valence-electron chi connectivity index (χ4n) is 3.76. The molecule has 0 radical (unpaired) electrons. The summed E-state index contributed by atoms with van der Waals surface area (Å²) in [5, 5.41) is 6.79. The average molecular weight is 402 g/mol. The van der Waals surface area contributed by atoms with Crippen LogP contribution in [0.3, 0.4) is 0 Å². The van der Waals surface area contributed by atoms with Gasteiger partial charge in [0.05, 0.1) is 12.6 Å². The predicted octanol–water partition coefficient (Wildman–Crippen LogP) is 2.46. The first kappa shape index (κ1) is 23.2. The summed E-state index contributed by atoms with van der Waals surface area (Å²) in [5.41, 5.74) is 1.28. The van der Waals surface area contributed by atoms with E-state index < -0.39 is 0 Å². The Labute approximate surface area is 176 Å². The maximum atomic E-state index is 12.3. The highest BCUT2D eigenvalue weighted by Gasteiger charge is 2.31. The summed E-state index contributed by atoms with van der Waals surface area (Å²) in [5.74, 6) is 1.09. The monoisotopic (exact) mass is 401 g/mol. The normalized spacial score (nSPS) is 18.0. The van der Waals surface area contributed by atoms with Gasteiger partial charge in [0.15, 0.2) is 5.96 Å². The van der Waals surface area contributed by atoms with Crippen molar-refractivity contribution >= 4 is 11.9 Å². The number of hydrogen-bond acceptors (Lipinski definition) is 3. The number of carbonyl (C=O) groups excluding carboxylic acids is 1. The van der Waals surface area contributed by atoms with Crippen LogP contribution in [-0.2, 0) is 10.2 Å². The lowest BCUT2D eigenvalue weighted by Crippen LogP contribution is -2.44. The van der Waals surface area contributed by atoms with E-state index in [0.717, 1.165) is 57.9 Å². The lowest BCUT2D eigenvalue weighted by molar-refractivity contribution is -0.133. The van der Waals surface area contributed by atoms with Crippen LogP contribution in [0.2, 0.25) is 0 Å². The molecule has 0 saturated carbocycles. The number of benzene rings is 1. The Hall–Kier alpha value is -2.08. The van der Waals surface area contributed by atoms with Crippen LogP contribution in [0.15, 0.2) is 35.3 Å². The summed E-state index contributed by atoms with van der Waals surface area (Å²) in [7, 11) is 3.69. The molecule has 1 aliphatic heterocycles. The van der Waals surface area contributed by atoms with E-state index >= 15 is 0 Å². The van der Waals surface area contributed by atoms with E-state index in [-0.39, 0.29) is 17.4 Å². The van der Waals surface area contributed by atoms with Gasteiger partial charge >= 0.3 is 0 Å². The Kier molecular flexibility index (Phi) is 8.96. The Morgan fingerprint density at radius 1 is 1.24 bits per heavy atom. The van der Waals surface area contributed by atoms with Gasteiger partial charge < -0.3 is 15.5 Å². The van der Waals surface area contributed by atoms with Crippen LogP contribution in [0.1, 0.15) is 45.6 Å². The molecule has 29 heavy (non-hydrogen) atoms. The van der Waals surface area contributed by atoms with Crippen molar-refractivity contribution in [3.63, 3.8) is 0 Å². The van der Waals surface area contributed by atoms with Gasteiger partial charge in [-0.3, -0.25) is 14.7 Å². The molecule has 1 aromatic rings. The summed E-state index contributed by atoms with van der Waals surface area (Å²) in [4.78, 5) is 21.2. The van der Waals surface area contributed by atoms with Crippen molar-refractivity contribution in [2.24, 2.45) is 4.99 Å². The molecule has 1 aromatic carbocycles. The van der Waals surface area contributed by atoms with Gasteiger partial charge in [0.1, 0.15) is 0 Å². The van der Waals surface area contributed by atoms with E-state index in [0.29, 0.717) is 0 Å². The highest BCUT2D eigenvalue weighted by molar-refractivity contribution is 5.81. The van der Waals surface area contributed by atoms with Crippen molar-refractivity contribution in [2.75, 3.05) is 46.8 Å². The first-order valence-corrected chi connectivity index (χ1v) is 10.9. The van der Waals surface area contributed by atoms with Gasteiger partial charge in [0, 0.05) is 39.1 Å². The third-order valence-electron chi connectivity index (χ3n) is 5.54. The topological polar surface area (TPSA) is 60.0 Å². The molecule has 1 atom stereocenters.